The van der Waals surface area contributed by atoms with E-state index in [1.807, 2.05) is 30.4 Å². The number of aromatic nitrogens is 4. The van der Waals surface area contributed by atoms with Gasteiger partial charge in [0.2, 0.25) is 0 Å². The first kappa shape index (κ1) is 15.6. The molecule has 0 unspecified atom stereocenters. The second-order valence-corrected chi connectivity index (χ2v) is 6.43. The van der Waals surface area contributed by atoms with Crippen molar-refractivity contribution in [2.75, 3.05) is 6.54 Å². The minimum Gasteiger partial charge on any atom is -0.330 e. The Morgan fingerprint density at radius 3 is 2.68 bits per heavy atom. The molecule has 128 valence electrons. The highest BCUT2D eigenvalue weighted by atomic mass is 16.2. The van der Waals surface area contributed by atoms with Crippen molar-refractivity contribution in [2.45, 2.75) is 18.9 Å². The molecule has 1 amide bonds. The Labute approximate surface area is 144 Å². The minimum absolute atomic E-state index is 0.000929. The van der Waals surface area contributed by atoms with Crippen molar-refractivity contribution in [3.8, 4) is 0 Å². The van der Waals surface area contributed by atoms with Gasteiger partial charge >= 0.3 is 0 Å². The zero-order chi connectivity index (χ0) is 17.6. The normalized spacial score (nSPS) is 17.4. The number of hydrogen-bond acceptors (Lipinski definition) is 4. The van der Waals surface area contributed by atoms with Crippen molar-refractivity contribution in [3.63, 3.8) is 0 Å². The molecule has 7 nitrogen and oxygen atoms in total. The second-order valence-electron chi connectivity index (χ2n) is 6.43. The summed E-state index contributed by atoms with van der Waals surface area (Å²) in [5, 5.41) is 9.61. The summed E-state index contributed by atoms with van der Waals surface area (Å²) in [4.78, 5) is 27.4. The Morgan fingerprint density at radius 1 is 1.20 bits per heavy atom. The monoisotopic (exact) mass is 337 g/mol. The van der Waals surface area contributed by atoms with Crippen molar-refractivity contribution in [2.24, 2.45) is 14.1 Å². The fourth-order valence-electron chi connectivity index (χ4n) is 3.56. The van der Waals surface area contributed by atoms with E-state index >= 15 is 0 Å². The van der Waals surface area contributed by atoms with Gasteiger partial charge in [0.05, 0.1) is 17.6 Å². The molecule has 1 aliphatic heterocycles. The first-order valence-electron chi connectivity index (χ1n) is 8.32. The maximum atomic E-state index is 13.2. The molecular weight excluding hydrogens is 318 g/mol. The van der Waals surface area contributed by atoms with E-state index in [0.29, 0.717) is 23.0 Å². The van der Waals surface area contributed by atoms with E-state index in [-0.39, 0.29) is 17.5 Å². The Bertz CT molecular complexity index is 1020. The highest BCUT2D eigenvalue weighted by molar-refractivity contribution is 6.05. The predicted octanol–water partition coefficient (Wildman–Crippen LogP) is 1.64. The number of carbonyl (C=O) groups excluding carboxylic acids is 1. The standard InChI is InChI=1S/C18H19N5O2/c1-21-11-12(10-19-21)15-8-5-9-23(15)18(25)16-13-6-3-4-7-14(13)17(24)22(2)20-16/h3-4,6-7,10-11,15H,5,8-9H2,1-2H3/t15-/m1/s1. The first-order chi connectivity index (χ1) is 12.1. The molecule has 0 spiro atoms. The molecule has 1 aliphatic rings. The van der Waals surface area contributed by atoms with Crippen LogP contribution >= 0.6 is 0 Å². The van der Waals surface area contributed by atoms with Crippen LogP contribution in [0, 0.1) is 0 Å². The number of amides is 1. The Morgan fingerprint density at radius 2 is 1.96 bits per heavy atom. The summed E-state index contributed by atoms with van der Waals surface area (Å²) in [5.41, 5.74) is 1.16. The fourth-order valence-corrected chi connectivity index (χ4v) is 3.56. The second kappa shape index (κ2) is 5.84. The maximum absolute atomic E-state index is 13.2. The molecule has 2 aromatic heterocycles. The average molecular weight is 337 g/mol. The van der Waals surface area contributed by atoms with Gasteiger partial charge in [-0.05, 0) is 18.9 Å². The fraction of sp³-hybridized carbons (Fsp3) is 0.333. The summed E-state index contributed by atoms with van der Waals surface area (Å²) < 4.78 is 2.99. The van der Waals surface area contributed by atoms with Crippen LogP contribution < -0.4 is 5.56 Å². The molecule has 0 bridgehead atoms. The lowest BCUT2D eigenvalue weighted by atomic mass is 10.1. The average Bonchev–Trinajstić information content (AvgIpc) is 3.26. The number of benzene rings is 1. The van der Waals surface area contributed by atoms with E-state index in [0.717, 1.165) is 18.4 Å². The molecule has 1 atom stereocenters. The van der Waals surface area contributed by atoms with Gasteiger partial charge in [-0.25, -0.2) is 4.68 Å². The summed E-state index contributed by atoms with van der Waals surface area (Å²) >= 11 is 0. The van der Waals surface area contributed by atoms with Crippen LogP contribution in [0.4, 0.5) is 0 Å². The number of carbonyl (C=O) groups is 1. The molecular formula is C18H19N5O2. The molecule has 1 aromatic carbocycles. The van der Waals surface area contributed by atoms with Gasteiger partial charge in [0, 0.05) is 37.8 Å². The Hall–Kier alpha value is -2.96. The lowest BCUT2D eigenvalue weighted by molar-refractivity contribution is 0.0729. The van der Waals surface area contributed by atoms with Crippen LogP contribution in [-0.4, -0.2) is 36.9 Å². The van der Waals surface area contributed by atoms with Crippen molar-refractivity contribution in [3.05, 3.63) is 58.3 Å². The summed E-state index contributed by atoms with van der Waals surface area (Å²) in [6.07, 6.45) is 5.60. The Kier molecular flexibility index (Phi) is 3.63. The molecule has 25 heavy (non-hydrogen) atoms. The van der Waals surface area contributed by atoms with Crippen LogP contribution in [0.15, 0.2) is 41.5 Å². The van der Waals surface area contributed by atoms with Crippen molar-refractivity contribution in [1.29, 1.82) is 0 Å². The lowest BCUT2D eigenvalue weighted by Crippen LogP contribution is -2.33. The van der Waals surface area contributed by atoms with Gasteiger partial charge in [0.1, 0.15) is 0 Å². The number of aryl methyl sites for hydroxylation is 2. The topological polar surface area (TPSA) is 73.0 Å². The largest absolute Gasteiger partial charge is 0.330 e. The third-order valence-corrected chi connectivity index (χ3v) is 4.78. The predicted molar refractivity (Wildman–Crippen MR) is 93.2 cm³/mol. The molecule has 0 aliphatic carbocycles. The SMILES string of the molecule is Cn1cc([C@H]2CCCN2C(=O)c2nn(C)c(=O)c3ccccc23)cn1. The number of nitrogens with zero attached hydrogens (tertiary/aromatic N) is 5. The first-order valence-corrected chi connectivity index (χ1v) is 8.32. The maximum Gasteiger partial charge on any atom is 0.275 e. The summed E-state index contributed by atoms with van der Waals surface area (Å²) in [7, 11) is 3.45. The Balaban J connectivity index is 1.80. The van der Waals surface area contributed by atoms with E-state index < -0.39 is 0 Å². The van der Waals surface area contributed by atoms with Gasteiger partial charge in [-0.15, -0.1) is 0 Å². The van der Waals surface area contributed by atoms with Crippen LogP contribution in [0.2, 0.25) is 0 Å². The van der Waals surface area contributed by atoms with Crippen LogP contribution in [0.3, 0.4) is 0 Å². The van der Waals surface area contributed by atoms with Crippen LogP contribution in [0.1, 0.15) is 34.9 Å². The molecule has 1 saturated heterocycles. The van der Waals surface area contributed by atoms with E-state index in [2.05, 4.69) is 10.2 Å². The van der Waals surface area contributed by atoms with Gasteiger partial charge in [-0.3, -0.25) is 14.3 Å². The van der Waals surface area contributed by atoms with Crippen LogP contribution in [-0.2, 0) is 14.1 Å². The van der Waals surface area contributed by atoms with E-state index in [1.165, 1.54) is 4.68 Å². The van der Waals surface area contributed by atoms with Gasteiger partial charge in [-0.2, -0.15) is 10.2 Å². The summed E-state index contributed by atoms with van der Waals surface area (Å²) in [6, 6.07) is 7.14. The molecule has 7 heteroatoms. The van der Waals surface area contributed by atoms with Crippen LogP contribution in [0.5, 0.6) is 0 Å². The van der Waals surface area contributed by atoms with E-state index in [4.69, 9.17) is 0 Å². The number of rotatable bonds is 2. The lowest BCUT2D eigenvalue weighted by Gasteiger charge is -2.24. The highest BCUT2D eigenvalue weighted by Crippen LogP contribution is 2.33. The number of likely N-dealkylation sites (tertiary alicyclic amines) is 1. The molecule has 3 heterocycles. The van der Waals surface area contributed by atoms with E-state index in [1.54, 1.807) is 29.9 Å². The summed E-state index contributed by atoms with van der Waals surface area (Å²) in [5.74, 6) is -0.141. The molecule has 4 rings (SSSR count). The molecule has 0 N–H and O–H groups in total. The smallest absolute Gasteiger partial charge is 0.275 e. The van der Waals surface area contributed by atoms with Gasteiger partial charge in [0.15, 0.2) is 5.69 Å². The zero-order valence-corrected chi connectivity index (χ0v) is 14.2. The zero-order valence-electron chi connectivity index (χ0n) is 14.2. The highest BCUT2D eigenvalue weighted by Gasteiger charge is 2.33. The number of fused-ring (bicyclic) bond motifs is 1. The number of hydrogen-bond donors (Lipinski definition) is 0. The summed E-state index contributed by atoms with van der Waals surface area (Å²) in [6.45, 7) is 0.678. The van der Waals surface area contributed by atoms with Crippen molar-refractivity contribution < 1.29 is 4.79 Å². The molecule has 0 radical (unpaired) electrons. The third-order valence-electron chi connectivity index (χ3n) is 4.78. The third kappa shape index (κ3) is 2.52. The molecule has 1 fully saturated rings. The van der Waals surface area contributed by atoms with Crippen molar-refractivity contribution >= 4 is 16.7 Å². The van der Waals surface area contributed by atoms with E-state index in [9.17, 15) is 9.59 Å². The van der Waals surface area contributed by atoms with Gasteiger partial charge in [0.25, 0.3) is 11.5 Å². The van der Waals surface area contributed by atoms with Gasteiger partial charge in [-0.1, -0.05) is 18.2 Å². The van der Waals surface area contributed by atoms with Crippen molar-refractivity contribution in [1.82, 2.24) is 24.5 Å². The van der Waals surface area contributed by atoms with Crippen LogP contribution in [0.25, 0.3) is 10.8 Å². The molecule has 0 saturated carbocycles. The molecule has 3 aromatic rings. The quantitative estimate of drug-likeness (QED) is 0.713. The minimum atomic E-state index is -0.197. The van der Waals surface area contributed by atoms with Gasteiger partial charge < -0.3 is 4.90 Å².